The highest BCUT2D eigenvalue weighted by Crippen LogP contribution is 2.31. The third kappa shape index (κ3) is 5.51. The lowest BCUT2D eigenvalue weighted by Crippen LogP contribution is -2.39. The first-order valence-electron chi connectivity index (χ1n) is 10.5. The van der Waals surface area contributed by atoms with Crippen molar-refractivity contribution >= 4 is 23.4 Å². The minimum atomic E-state index is -1.18. The second kappa shape index (κ2) is 9.17. The normalized spacial score (nSPS) is 17.3. The number of anilines is 2. The molecule has 7 nitrogen and oxygen atoms in total. The maximum absolute atomic E-state index is 12.5. The molecule has 2 aromatic rings. The molecule has 1 saturated heterocycles. The van der Waals surface area contributed by atoms with Gasteiger partial charge in [0.25, 0.3) is 5.91 Å². The van der Waals surface area contributed by atoms with Crippen LogP contribution in [0.15, 0.2) is 48.5 Å². The fourth-order valence-electron chi connectivity index (χ4n) is 3.76. The summed E-state index contributed by atoms with van der Waals surface area (Å²) < 4.78 is 6.11. The molecule has 0 atom stereocenters. The van der Waals surface area contributed by atoms with Gasteiger partial charge in [0.2, 0.25) is 0 Å². The number of carbonyl (C=O) groups is 2. The van der Waals surface area contributed by atoms with Gasteiger partial charge in [-0.2, -0.15) is 0 Å². The molecule has 30 heavy (non-hydrogen) atoms. The van der Waals surface area contributed by atoms with E-state index in [0.717, 1.165) is 37.6 Å². The number of hydrogen-bond acceptors (Lipinski definition) is 4. The van der Waals surface area contributed by atoms with Gasteiger partial charge in [-0.1, -0.05) is 12.1 Å². The SMILES string of the molecule is O=C(O)Nc1ccccc1NC(=O)c1ccc(OC2CCN(CC3CC3)CC2)cc1. The van der Waals surface area contributed by atoms with Crippen LogP contribution in [0.3, 0.4) is 0 Å². The van der Waals surface area contributed by atoms with Gasteiger partial charge in [-0.25, -0.2) is 4.79 Å². The Balaban J connectivity index is 1.30. The molecule has 7 heteroatoms. The Kier molecular flexibility index (Phi) is 6.18. The van der Waals surface area contributed by atoms with E-state index in [1.165, 1.54) is 19.4 Å². The molecule has 158 valence electrons. The van der Waals surface area contributed by atoms with E-state index >= 15 is 0 Å². The average Bonchev–Trinajstić information content (AvgIpc) is 3.55. The van der Waals surface area contributed by atoms with E-state index in [-0.39, 0.29) is 12.0 Å². The van der Waals surface area contributed by atoms with E-state index in [0.29, 0.717) is 16.9 Å². The number of para-hydroxylation sites is 2. The molecule has 0 aromatic heterocycles. The minimum absolute atomic E-state index is 0.217. The van der Waals surface area contributed by atoms with E-state index in [1.54, 1.807) is 36.4 Å². The Labute approximate surface area is 176 Å². The molecule has 4 rings (SSSR count). The molecule has 1 aliphatic carbocycles. The van der Waals surface area contributed by atoms with Gasteiger partial charge in [-0.3, -0.25) is 10.1 Å². The molecular formula is C23H27N3O4. The molecule has 0 radical (unpaired) electrons. The fourth-order valence-corrected chi connectivity index (χ4v) is 3.76. The maximum atomic E-state index is 12.5. The largest absolute Gasteiger partial charge is 0.490 e. The minimum Gasteiger partial charge on any atom is -0.490 e. The standard InChI is InChI=1S/C23H27N3O4/c27-22(24-20-3-1-2-4-21(20)25-23(28)29)17-7-9-18(10-8-17)30-19-11-13-26(14-12-19)15-16-5-6-16/h1-4,7-10,16,19,25H,5-6,11-15H2,(H,24,27)(H,28,29). The molecule has 2 fully saturated rings. The summed E-state index contributed by atoms with van der Waals surface area (Å²) in [6.07, 6.45) is 3.87. The first-order chi connectivity index (χ1) is 14.6. The number of likely N-dealkylation sites (tertiary alicyclic amines) is 1. The summed E-state index contributed by atoms with van der Waals surface area (Å²) in [5, 5.41) is 14.0. The lowest BCUT2D eigenvalue weighted by molar-refractivity contribution is 0.0979. The Morgan fingerprint density at radius 2 is 1.57 bits per heavy atom. The number of rotatable bonds is 7. The molecule has 0 bridgehead atoms. The number of benzene rings is 2. The maximum Gasteiger partial charge on any atom is 0.409 e. The van der Waals surface area contributed by atoms with Crippen LogP contribution < -0.4 is 15.4 Å². The first-order valence-corrected chi connectivity index (χ1v) is 10.5. The lowest BCUT2D eigenvalue weighted by atomic mass is 10.1. The number of carbonyl (C=O) groups excluding carboxylic acids is 1. The summed E-state index contributed by atoms with van der Waals surface area (Å²) in [6, 6.07) is 13.7. The fraction of sp³-hybridized carbons (Fsp3) is 0.391. The lowest BCUT2D eigenvalue weighted by Gasteiger charge is -2.32. The molecule has 2 aliphatic rings. The summed E-state index contributed by atoms with van der Waals surface area (Å²) in [6.45, 7) is 3.42. The highest BCUT2D eigenvalue weighted by Gasteiger charge is 2.27. The molecule has 2 aromatic carbocycles. The van der Waals surface area contributed by atoms with E-state index in [9.17, 15) is 9.59 Å². The average molecular weight is 409 g/mol. The summed E-state index contributed by atoms with van der Waals surface area (Å²) in [5.74, 6) is 1.38. The molecule has 1 saturated carbocycles. The molecule has 3 N–H and O–H groups in total. The summed E-state index contributed by atoms with van der Waals surface area (Å²) in [5.41, 5.74) is 1.21. The molecule has 0 spiro atoms. The van der Waals surface area contributed by atoms with Crippen molar-refractivity contribution in [3.63, 3.8) is 0 Å². The van der Waals surface area contributed by atoms with Crippen molar-refractivity contribution < 1.29 is 19.4 Å². The molecule has 1 heterocycles. The highest BCUT2D eigenvalue weighted by molar-refractivity contribution is 6.06. The van der Waals surface area contributed by atoms with E-state index in [1.807, 2.05) is 12.1 Å². The Morgan fingerprint density at radius 1 is 0.933 bits per heavy atom. The van der Waals surface area contributed by atoms with Crippen LogP contribution in [0.5, 0.6) is 5.75 Å². The van der Waals surface area contributed by atoms with Crippen molar-refractivity contribution in [2.45, 2.75) is 31.8 Å². The second-order valence-corrected chi connectivity index (χ2v) is 8.02. The smallest absolute Gasteiger partial charge is 0.409 e. The predicted molar refractivity (Wildman–Crippen MR) is 115 cm³/mol. The van der Waals surface area contributed by atoms with E-state index < -0.39 is 6.09 Å². The van der Waals surface area contributed by atoms with Gasteiger partial charge in [0, 0.05) is 25.2 Å². The van der Waals surface area contributed by atoms with Gasteiger partial charge in [0.05, 0.1) is 11.4 Å². The monoisotopic (exact) mass is 409 g/mol. The number of piperidine rings is 1. The van der Waals surface area contributed by atoms with Crippen molar-refractivity contribution in [1.29, 1.82) is 0 Å². The molecule has 1 aliphatic heterocycles. The third-order valence-corrected chi connectivity index (χ3v) is 5.58. The van der Waals surface area contributed by atoms with Crippen LogP contribution in [0.2, 0.25) is 0 Å². The van der Waals surface area contributed by atoms with Crippen LogP contribution in [0.4, 0.5) is 16.2 Å². The van der Waals surface area contributed by atoms with Crippen LogP contribution in [0, 0.1) is 5.92 Å². The van der Waals surface area contributed by atoms with Gasteiger partial charge < -0.3 is 20.1 Å². The van der Waals surface area contributed by atoms with Crippen molar-refractivity contribution in [2.75, 3.05) is 30.3 Å². The number of hydrogen-bond donors (Lipinski definition) is 3. The van der Waals surface area contributed by atoms with Crippen LogP contribution in [0.1, 0.15) is 36.0 Å². The van der Waals surface area contributed by atoms with Crippen molar-refractivity contribution in [2.24, 2.45) is 5.92 Å². The van der Waals surface area contributed by atoms with Gasteiger partial charge in [0.1, 0.15) is 11.9 Å². The Bertz CT molecular complexity index is 888. The number of nitrogens with zero attached hydrogens (tertiary/aromatic N) is 1. The van der Waals surface area contributed by atoms with Crippen molar-refractivity contribution in [1.82, 2.24) is 4.90 Å². The van der Waals surface area contributed by atoms with Gasteiger partial charge in [0.15, 0.2) is 0 Å². The van der Waals surface area contributed by atoms with Crippen LogP contribution in [-0.2, 0) is 0 Å². The zero-order valence-electron chi connectivity index (χ0n) is 16.8. The van der Waals surface area contributed by atoms with Crippen LogP contribution >= 0.6 is 0 Å². The topological polar surface area (TPSA) is 90.9 Å². The number of carboxylic acid groups (broad SMARTS) is 1. The van der Waals surface area contributed by atoms with Crippen molar-refractivity contribution in [3.05, 3.63) is 54.1 Å². The second-order valence-electron chi connectivity index (χ2n) is 8.02. The molecule has 2 amide bonds. The highest BCUT2D eigenvalue weighted by atomic mass is 16.5. The first kappa shape index (κ1) is 20.2. The number of amides is 2. The van der Waals surface area contributed by atoms with Gasteiger partial charge in [-0.15, -0.1) is 0 Å². The van der Waals surface area contributed by atoms with E-state index in [4.69, 9.17) is 9.84 Å². The van der Waals surface area contributed by atoms with Gasteiger partial charge in [-0.05, 0) is 68.0 Å². The van der Waals surface area contributed by atoms with Crippen LogP contribution in [-0.4, -0.2) is 47.7 Å². The third-order valence-electron chi connectivity index (χ3n) is 5.58. The quantitative estimate of drug-likeness (QED) is 0.635. The Hall–Kier alpha value is -3.06. The van der Waals surface area contributed by atoms with Gasteiger partial charge >= 0.3 is 6.09 Å². The zero-order valence-corrected chi connectivity index (χ0v) is 16.8. The summed E-state index contributed by atoms with van der Waals surface area (Å²) >= 11 is 0. The number of nitrogens with one attached hydrogen (secondary N) is 2. The summed E-state index contributed by atoms with van der Waals surface area (Å²) in [4.78, 5) is 26.0. The van der Waals surface area contributed by atoms with Crippen LogP contribution in [0.25, 0.3) is 0 Å². The number of ether oxygens (including phenoxy) is 1. The van der Waals surface area contributed by atoms with Crippen molar-refractivity contribution in [3.8, 4) is 5.75 Å². The Morgan fingerprint density at radius 3 is 2.17 bits per heavy atom. The predicted octanol–water partition coefficient (Wildman–Crippen LogP) is 4.28. The van der Waals surface area contributed by atoms with E-state index in [2.05, 4.69) is 15.5 Å². The zero-order chi connectivity index (χ0) is 20.9. The molecule has 0 unspecified atom stereocenters. The summed E-state index contributed by atoms with van der Waals surface area (Å²) in [7, 11) is 0. The molecular weight excluding hydrogens is 382 g/mol.